The zero-order valence-corrected chi connectivity index (χ0v) is 31.7. The zero-order valence-electron chi connectivity index (χ0n) is 30.8. The summed E-state index contributed by atoms with van der Waals surface area (Å²) in [7, 11) is 0. The monoisotopic (exact) mass is 746 g/mol. The number of anilines is 3. The van der Waals surface area contributed by atoms with Crippen LogP contribution in [-0.4, -0.2) is 4.98 Å². The molecule has 268 valence electrons. The summed E-state index contributed by atoms with van der Waals surface area (Å²) in [6, 6.07) is 73.3. The molecule has 0 saturated carbocycles. The number of fused-ring (bicyclic) bond motifs is 6. The number of benzene rings is 9. The first-order chi connectivity index (χ1) is 28.3. The third kappa shape index (κ3) is 5.78. The summed E-state index contributed by atoms with van der Waals surface area (Å²) in [6.45, 7) is 0. The molecule has 0 N–H and O–H groups in total. The minimum atomic E-state index is 0.633. The van der Waals surface area contributed by atoms with Gasteiger partial charge >= 0.3 is 0 Å². The SMILES string of the molecule is c1ccc(-c2ccc(N(c3ccccc3)c3ccc(-c4cccc5sc6cc(-c7cccc8oc(-c9ccccc9)nc78)c7ccccc7c6c45)cc3)cc2)cc1. The standard InChI is InChI=1S/C53H34N2OS/c1-4-14-35(15-5-1)36-26-30-40(31-27-36)55(39-18-8-3-9-19-39)41-32-28-37(29-33-41)42-22-13-25-48-50(42)51-44-21-11-10-20-43(44)46(34-49(51)57-48)45-23-12-24-47-52(45)54-53(56-47)38-16-6-2-7-17-38/h1-34H. The van der Waals surface area contributed by atoms with Crippen molar-refractivity contribution in [2.75, 3.05) is 4.90 Å². The van der Waals surface area contributed by atoms with E-state index in [0.29, 0.717) is 5.89 Å². The predicted molar refractivity (Wildman–Crippen MR) is 241 cm³/mol. The van der Waals surface area contributed by atoms with Gasteiger partial charge in [-0.25, -0.2) is 4.98 Å². The van der Waals surface area contributed by atoms with Crippen LogP contribution in [0.15, 0.2) is 211 Å². The van der Waals surface area contributed by atoms with Crippen molar-refractivity contribution < 1.29 is 4.42 Å². The highest BCUT2D eigenvalue weighted by molar-refractivity contribution is 7.26. The van der Waals surface area contributed by atoms with Crippen LogP contribution in [0.3, 0.4) is 0 Å². The van der Waals surface area contributed by atoms with E-state index in [-0.39, 0.29) is 0 Å². The first kappa shape index (κ1) is 33.1. The van der Waals surface area contributed by atoms with Gasteiger partial charge in [-0.3, -0.25) is 0 Å². The largest absolute Gasteiger partial charge is 0.436 e. The van der Waals surface area contributed by atoms with E-state index in [4.69, 9.17) is 9.40 Å². The molecule has 2 heterocycles. The Labute approximate surface area is 334 Å². The Morgan fingerprint density at radius 2 is 0.947 bits per heavy atom. The fraction of sp³-hybridized carbons (Fsp3) is 0. The molecular formula is C53H34N2OS. The molecule has 2 aromatic heterocycles. The van der Waals surface area contributed by atoms with Crippen molar-refractivity contribution in [1.82, 2.24) is 4.98 Å². The third-order valence-corrected chi connectivity index (χ3v) is 12.0. The Bertz CT molecular complexity index is 3210. The zero-order chi connectivity index (χ0) is 37.7. The van der Waals surface area contributed by atoms with Gasteiger partial charge in [0.15, 0.2) is 5.58 Å². The fourth-order valence-corrected chi connectivity index (χ4v) is 9.45. The van der Waals surface area contributed by atoms with Crippen molar-refractivity contribution in [2.24, 2.45) is 0 Å². The van der Waals surface area contributed by atoms with E-state index in [1.807, 2.05) is 47.7 Å². The van der Waals surface area contributed by atoms with E-state index in [0.717, 1.165) is 44.9 Å². The fourth-order valence-electron chi connectivity index (χ4n) is 8.26. The van der Waals surface area contributed by atoms with E-state index in [1.165, 1.54) is 53.2 Å². The maximum absolute atomic E-state index is 6.31. The molecule has 0 atom stereocenters. The van der Waals surface area contributed by atoms with Crippen LogP contribution in [0, 0.1) is 0 Å². The Morgan fingerprint density at radius 3 is 1.67 bits per heavy atom. The first-order valence-corrected chi connectivity index (χ1v) is 20.0. The van der Waals surface area contributed by atoms with Crippen molar-refractivity contribution in [1.29, 1.82) is 0 Å². The summed E-state index contributed by atoms with van der Waals surface area (Å²) in [6.07, 6.45) is 0. The van der Waals surface area contributed by atoms with Gasteiger partial charge in [-0.1, -0.05) is 140 Å². The lowest BCUT2D eigenvalue weighted by Gasteiger charge is -2.26. The number of nitrogens with zero attached hydrogens (tertiary/aromatic N) is 2. The van der Waals surface area contributed by atoms with E-state index in [2.05, 4.69) is 175 Å². The quantitative estimate of drug-likeness (QED) is 0.163. The van der Waals surface area contributed by atoms with Gasteiger partial charge in [0.25, 0.3) is 0 Å². The number of rotatable bonds is 7. The number of aromatic nitrogens is 1. The predicted octanol–water partition coefficient (Wildman–Crippen LogP) is 15.5. The summed E-state index contributed by atoms with van der Waals surface area (Å²) >= 11 is 1.85. The van der Waals surface area contributed by atoms with Gasteiger partial charge in [-0.05, 0) is 105 Å². The van der Waals surface area contributed by atoms with Gasteiger partial charge in [0.1, 0.15) is 5.52 Å². The number of oxazole rings is 1. The number of thiophene rings is 1. The minimum Gasteiger partial charge on any atom is -0.436 e. The topological polar surface area (TPSA) is 29.3 Å². The van der Waals surface area contributed by atoms with E-state index < -0.39 is 0 Å². The lowest BCUT2D eigenvalue weighted by molar-refractivity contribution is 0.620. The lowest BCUT2D eigenvalue weighted by Crippen LogP contribution is -2.09. The van der Waals surface area contributed by atoms with Crippen LogP contribution >= 0.6 is 11.3 Å². The van der Waals surface area contributed by atoms with Crippen molar-refractivity contribution in [2.45, 2.75) is 0 Å². The molecule has 0 aliphatic heterocycles. The van der Waals surface area contributed by atoms with Crippen LogP contribution < -0.4 is 4.90 Å². The summed E-state index contributed by atoms with van der Waals surface area (Å²) < 4.78 is 8.83. The Morgan fingerprint density at radius 1 is 0.386 bits per heavy atom. The molecule has 0 bridgehead atoms. The van der Waals surface area contributed by atoms with Crippen molar-refractivity contribution in [3.63, 3.8) is 0 Å². The molecule has 0 fully saturated rings. The van der Waals surface area contributed by atoms with Crippen LogP contribution in [0.1, 0.15) is 0 Å². The molecule has 0 aliphatic carbocycles. The Hall–Kier alpha value is -7.27. The van der Waals surface area contributed by atoms with Gasteiger partial charge in [-0.2, -0.15) is 0 Å². The molecule has 3 nitrogen and oxygen atoms in total. The molecule has 4 heteroatoms. The number of para-hydroxylation sites is 2. The Balaban J connectivity index is 1.02. The molecule has 0 spiro atoms. The normalized spacial score (nSPS) is 11.5. The summed E-state index contributed by atoms with van der Waals surface area (Å²) in [5.74, 6) is 0.633. The highest BCUT2D eigenvalue weighted by atomic mass is 32.1. The van der Waals surface area contributed by atoms with Crippen LogP contribution in [0.4, 0.5) is 17.1 Å². The summed E-state index contributed by atoms with van der Waals surface area (Å²) in [5.41, 5.74) is 13.0. The second-order valence-electron chi connectivity index (χ2n) is 14.3. The van der Waals surface area contributed by atoms with E-state index in [1.54, 1.807) is 0 Å². The van der Waals surface area contributed by atoms with Gasteiger partial charge in [0, 0.05) is 48.4 Å². The average molecular weight is 747 g/mol. The van der Waals surface area contributed by atoms with Gasteiger partial charge < -0.3 is 9.32 Å². The molecule has 11 aromatic rings. The second kappa shape index (κ2) is 13.8. The highest BCUT2D eigenvalue weighted by Crippen LogP contribution is 2.47. The van der Waals surface area contributed by atoms with Crippen LogP contribution in [0.5, 0.6) is 0 Å². The van der Waals surface area contributed by atoms with Gasteiger partial charge in [0.2, 0.25) is 5.89 Å². The molecule has 11 rings (SSSR count). The maximum atomic E-state index is 6.31. The molecule has 9 aromatic carbocycles. The van der Waals surface area contributed by atoms with Gasteiger partial charge in [-0.15, -0.1) is 11.3 Å². The number of hydrogen-bond acceptors (Lipinski definition) is 4. The molecule has 0 aliphatic rings. The maximum Gasteiger partial charge on any atom is 0.227 e. The van der Waals surface area contributed by atoms with Crippen LogP contribution in [0.2, 0.25) is 0 Å². The Kier molecular flexibility index (Phi) is 8.01. The van der Waals surface area contributed by atoms with E-state index in [9.17, 15) is 0 Å². The van der Waals surface area contributed by atoms with Crippen LogP contribution in [-0.2, 0) is 0 Å². The molecule has 0 unspecified atom stereocenters. The minimum absolute atomic E-state index is 0.633. The molecule has 0 saturated heterocycles. The third-order valence-electron chi connectivity index (χ3n) is 10.9. The summed E-state index contributed by atoms with van der Waals surface area (Å²) in [5, 5.41) is 5.01. The molecular weight excluding hydrogens is 713 g/mol. The smallest absolute Gasteiger partial charge is 0.227 e. The van der Waals surface area contributed by atoms with Crippen molar-refractivity contribution >= 4 is 70.4 Å². The van der Waals surface area contributed by atoms with Crippen molar-refractivity contribution in [3.8, 4) is 44.8 Å². The van der Waals surface area contributed by atoms with Crippen molar-refractivity contribution in [3.05, 3.63) is 206 Å². The molecule has 0 amide bonds. The van der Waals surface area contributed by atoms with Crippen LogP contribution in [0.25, 0.3) is 86.9 Å². The first-order valence-electron chi connectivity index (χ1n) is 19.2. The van der Waals surface area contributed by atoms with E-state index >= 15 is 0 Å². The lowest BCUT2D eigenvalue weighted by atomic mass is 9.92. The highest BCUT2D eigenvalue weighted by Gasteiger charge is 2.20. The van der Waals surface area contributed by atoms with Gasteiger partial charge in [0.05, 0.1) is 0 Å². The average Bonchev–Trinajstić information content (AvgIpc) is 3.90. The summed E-state index contributed by atoms with van der Waals surface area (Å²) in [4.78, 5) is 7.38. The second-order valence-corrected chi connectivity index (χ2v) is 15.4. The molecule has 57 heavy (non-hydrogen) atoms. The number of hydrogen-bond donors (Lipinski definition) is 0. The molecule has 0 radical (unpaired) electrons.